The van der Waals surface area contributed by atoms with E-state index in [0.717, 1.165) is 25.7 Å². The van der Waals surface area contributed by atoms with Gasteiger partial charge >= 0.3 is 6.09 Å². The van der Waals surface area contributed by atoms with Gasteiger partial charge in [0.25, 0.3) is 0 Å². The molecule has 1 aliphatic rings. The number of nitrogens with zero attached hydrogens (tertiary/aromatic N) is 1. The van der Waals surface area contributed by atoms with Crippen molar-refractivity contribution in [3.8, 4) is 5.75 Å². The van der Waals surface area contributed by atoms with Crippen molar-refractivity contribution in [3.05, 3.63) is 29.8 Å². The van der Waals surface area contributed by atoms with Gasteiger partial charge in [0.1, 0.15) is 17.4 Å². The SMILES string of the molecule is CC[C@H](C)CC(C)(C)OC(=O)N[C@H](C(=O)N1CCCC1)c1ccc(O)cc1. The highest BCUT2D eigenvalue weighted by Gasteiger charge is 2.32. The minimum absolute atomic E-state index is 0.114. The number of nitrogens with one attached hydrogen (secondary N) is 1. The molecule has 150 valence electrons. The Kier molecular flexibility index (Phi) is 7.11. The van der Waals surface area contributed by atoms with Crippen LogP contribution in [0.4, 0.5) is 4.79 Å². The van der Waals surface area contributed by atoms with Gasteiger partial charge in [0.15, 0.2) is 0 Å². The highest BCUT2D eigenvalue weighted by atomic mass is 16.6. The molecule has 1 aromatic carbocycles. The van der Waals surface area contributed by atoms with Crippen LogP contribution in [0.25, 0.3) is 0 Å². The second-order valence-corrected chi connectivity index (χ2v) is 8.07. The van der Waals surface area contributed by atoms with Gasteiger partial charge in [-0.2, -0.15) is 0 Å². The number of rotatable bonds is 7. The van der Waals surface area contributed by atoms with Crippen LogP contribution in [-0.4, -0.2) is 40.7 Å². The summed E-state index contributed by atoms with van der Waals surface area (Å²) in [5.41, 5.74) is 0.0109. The zero-order valence-electron chi connectivity index (χ0n) is 16.8. The molecular weight excluding hydrogens is 344 g/mol. The van der Waals surface area contributed by atoms with E-state index in [1.165, 1.54) is 12.1 Å². The highest BCUT2D eigenvalue weighted by Crippen LogP contribution is 2.25. The summed E-state index contributed by atoms with van der Waals surface area (Å²) >= 11 is 0. The largest absolute Gasteiger partial charge is 0.508 e. The Morgan fingerprint density at radius 2 is 1.81 bits per heavy atom. The molecule has 2 amide bonds. The second kappa shape index (κ2) is 9.11. The molecule has 1 saturated heterocycles. The molecular formula is C21H32N2O4. The molecule has 1 fully saturated rings. The van der Waals surface area contributed by atoms with Crippen molar-refractivity contribution in [2.24, 2.45) is 5.92 Å². The van der Waals surface area contributed by atoms with Crippen molar-refractivity contribution in [1.29, 1.82) is 0 Å². The molecule has 27 heavy (non-hydrogen) atoms. The molecule has 6 nitrogen and oxygen atoms in total. The second-order valence-electron chi connectivity index (χ2n) is 8.07. The van der Waals surface area contributed by atoms with E-state index >= 15 is 0 Å². The quantitative estimate of drug-likeness (QED) is 0.754. The number of amides is 2. The third kappa shape index (κ3) is 6.15. The molecule has 0 unspecified atom stereocenters. The van der Waals surface area contributed by atoms with E-state index in [1.54, 1.807) is 17.0 Å². The topological polar surface area (TPSA) is 78.9 Å². The van der Waals surface area contributed by atoms with Gasteiger partial charge in [0.2, 0.25) is 5.91 Å². The Hall–Kier alpha value is -2.24. The minimum Gasteiger partial charge on any atom is -0.508 e. The molecule has 0 spiro atoms. The number of likely N-dealkylation sites (tertiary alicyclic amines) is 1. The summed E-state index contributed by atoms with van der Waals surface area (Å²) in [6.07, 6.45) is 3.11. The van der Waals surface area contributed by atoms with E-state index in [0.29, 0.717) is 24.6 Å². The third-order valence-corrected chi connectivity index (χ3v) is 5.06. The summed E-state index contributed by atoms with van der Waals surface area (Å²) in [5.74, 6) is 0.408. The number of phenolic OH excluding ortho intramolecular Hbond substituents is 1. The molecule has 0 bridgehead atoms. The average Bonchev–Trinajstić information content (AvgIpc) is 3.13. The zero-order chi connectivity index (χ0) is 20.0. The van der Waals surface area contributed by atoms with Crippen LogP contribution < -0.4 is 5.32 Å². The fourth-order valence-electron chi connectivity index (χ4n) is 3.50. The summed E-state index contributed by atoms with van der Waals surface area (Å²) in [5, 5.41) is 12.3. The molecule has 0 saturated carbocycles. The van der Waals surface area contributed by atoms with E-state index in [-0.39, 0.29) is 11.7 Å². The Balaban J connectivity index is 2.12. The first-order valence-electron chi connectivity index (χ1n) is 9.79. The van der Waals surface area contributed by atoms with Gasteiger partial charge in [-0.25, -0.2) is 4.79 Å². The molecule has 2 N–H and O–H groups in total. The van der Waals surface area contributed by atoms with E-state index in [9.17, 15) is 14.7 Å². The lowest BCUT2D eigenvalue weighted by molar-refractivity contribution is -0.132. The zero-order valence-corrected chi connectivity index (χ0v) is 16.8. The predicted octanol–water partition coefficient (Wildman–Crippen LogP) is 4.00. The fourth-order valence-corrected chi connectivity index (χ4v) is 3.50. The summed E-state index contributed by atoms with van der Waals surface area (Å²) in [4.78, 5) is 27.3. The van der Waals surface area contributed by atoms with Crippen LogP contribution >= 0.6 is 0 Å². The molecule has 0 aromatic heterocycles. The number of phenols is 1. The monoisotopic (exact) mass is 376 g/mol. The lowest BCUT2D eigenvalue weighted by Crippen LogP contribution is -2.44. The molecule has 0 aliphatic carbocycles. The lowest BCUT2D eigenvalue weighted by atomic mass is 9.93. The molecule has 0 radical (unpaired) electrons. The summed E-state index contributed by atoms with van der Waals surface area (Å²) in [6, 6.07) is 5.51. The summed E-state index contributed by atoms with van der Waals surface area (Å²) in [7, 11) is 0. The summed E-state index contributed by atoms with van der Waals surface area (Å²) in [6.45, 7) is 9.40. The first kappa shape index (κ1) is 21.1. The van der Waals surface area contributed by atoms with Gasteiger partial charge in [-0.15, -0.1) is 0 Å². The van der Waals surface area contributed by atoms with E-state index in [2.05, 4.69) is 19.2 Å². The number of carbonyl (C=O) groups excluding carboxylic acids is 2. The average molecular weight is 376 g/mol. The molecule has 1 aliphatic heterocycles. The Morgan fingerprint density at radius 1 is 1.22 bits per heavy atom. The number of alkyl carbamates (subject to hydrolysis) is 1. The maximum absolute atomic E-state index is 12.9. The molecule has 2 atom stereocenters. The number of benzene rings is 1. The number of ether oxygens (including phenoxy) is 1. The number of aromatic hydroxyl groups is 1. The highest BCUT2D eigenvalue weighted by molar-refractivity contribution is 5.87. The van der Waals surface area contributed by atoms with Crippen LogP contribution in [0.2, 0.25) is 0 Å². The first-order valence-corrected chi connectivity index (χ1v) is 9.79. The van der Waals surface area contributed by atoms with Gasteiger partial charge in [-0.3, -0.25) is 4.79 Å². The Bertz CT molecular complexity index is 636. The molecule has 2 rings (SSSR count). The van der Waals surface area contributed by atoms with Crippen molar-refractivity contribution in [1.82, 2.24) is 10.2 Å². The molecule has 1 aromatic rings. The third-order valence-electron chi connectivity index (χ3n) is 5.06. The minimum atomic E-state index is -0.824. The fraction of sp³-hybridized carbons (Fsp3) is 0.619. The van der Waals surface area contributed by atoms with E-state index in [4.69, 9.17) is 4.74 Å². The Labute approximate surface area is 161 Å². The van der Waals surface area contributed by atoms with Crippen LogP contribution in [0.5, 0.6) is 5.75 Å². The van der Waals surface area contributed by atoms with Crippen molar-refractivity contribution in [2.75, 3.05) is 13.1 Å². The van der Waals surface area contributed by atoms with Crippen molar-refractivity contribution >= 4 is 12.0 Å². The molecule has 6 heteroatoms. The van der Waals surface area contributed by atoms with Crippen LogP contribution in [0.3, 0.4) is 0 Å². The lowest BCUT2D eigenvalue weighted by Gasteiger charge is -2.30. The van der Waals surface area contributed by atoms with Gasteiger partial charge in [0, 0.05) is 13.1 Å². The predicted molar refractivity (Wildman–Crippen MR) is 104 cm³/mol. The van der Waals surface area contributed by atoms with E-state index in [1.807, 2.05) is 13.8 Å². The van der Waals surface area contributed by atoms with Gasteiger partial charge in [-0.05, 0) is 56.7 Å². The standard InChI is InChI=1S/C21H32N2O4/c1-5-15(2)14-21(3,4)27-20(26)22-18(16-8-10-17(24)11-9-16)19(25)23-12-6-7-13-23/h8-11,15,18,24H,5-7,12-14H2,1-4H3,(H,22,26)/t15-,18-/m0/s1. The molecule has 1 heterocycles. The van der Waals surface area contributed by atoms with E-state index < -0.39 is 17.7 Å². The Morgan fingerprint density at radius 3 is 2.37 bits per heavy atom. The van der Waals surface area contributed by atoms with Crippen LogP contribution in [0, 0.1) is 5.92 Å². The van der Waals surface area contributed by atoms with Gasteiger partial charge < -0.3 is 20.1 Å². The summed E-state index contributed by atoms with van der Waals surface area (Å²) < 4.78 is 5.63. The van der Waals surface area contributed by atoms with Gasteiger partial charge in [-0.1, -0.05) is 32.4 Å². The maximum atomic E-state index is 12.9. The smallest absolute Gasteiger partial charge is 0.408 e. The first-order chi connectivity index (χ1) is 12.7. The van der Waals surface area contributed by atoms with Gasteiger partial charge in [0.05, 0.1) is 0 Å². The number of hydrogen-bond donors (Lipinski definition) is 2. The van der Waals surface area contributed by atoms with Crippen LogP contribution in [0.1, 0.15) is 65.0 Å². The maximum Gasteiger partial charge on any atom is 0.408 e. The van der Waals surface area contributed by atoms with Crippen molar-refractivity contribution in [2.45, 2.75) is 65.0 Å². The van der Waals surface area contributed by atoms with Crippen molar-refractivity contribution in [3.63, 3.8) is 0 Å². The van der Waals surface area contributed by atoms with Crippen molar-refractivity contribution < 1.29 is 19.4 Å². The number of carbonyl (C=O) groups is 2. The number of hydrogen-bond acceptors (Lipinski definition) is 4. The normalized spacial score (nSPS) is 16.7. The van der Waals surface area contributed by atoms with Crippen LogP contribution in [-0.2, 0) is 9.53 Å². The van der Waals surface area contributed by atoms with Crippen LogP contribution in [0.15, 0.2) is 24.3 Å².